The van der Waals surface area contributed by atoms with Crippen molar-refractivity contribution < 1.29 is 18.0 Å². The Balaban J connectivity index is 1.78. The van der Waals surface area contributed by atoms with E-state index >= 15 is 0 Å². The molecule has 8 heteroatoms. The first kappa shape index (κ1) is 18.0. The van der Waals surface area contributed by atoms with E-state index in [0.717, 1.165) is 18.0 Å². The number of carbonyl (C=O) groups is 1. The molecule has 1 aliphatic rings. The lowest BCUT2D eigenvalue weighted by molar-refractivity contribution is -0.137. The number of benzene rings is 1. The molecule has 0 saturated heterocycles. The molecule has 138 valence electrons. The van der Waals surface area contributed by atoms with E-state index in [1.807, 2.05) is 11.0 Å². The molecule has 26 heavy (non-hydrogen) atoms. The van der Waals surface area contributed by atoms with E-state index in [1.165, 1.54) is 18.2 Å². The number of alkyl halides is 3. The Morgan fingerprint density at radius 1 is 1.27 bits per heavy atom. The van der Waals surface area contributed by atoms with Crippen molar-refractivity contribution in [3.63, 3.8) is 0 Å². The second-order valence-corrected chi connectivity index (χ2v) is 6.19. The molecule has 1 N–H and O–H groups in total. The monoisotopic (exact) mass is 364 g/mol. The van der Waals surface area contributed by atoms with Gasteiger partial charge in [0.25, 0.3) is 0 Å². The average molecular weight is 364 g/mol. The molecule has 0 saturated carbocycles. The van der Waals surface area contributed by atoms with Gasteiger partial charge in [0.15, 0.2) is 0 Å². The number of nitrogens with one attached hydrogen (secondary N) is 1. The summed E-state index contributed by atoms with van der Waals surface area (Å²) < 4.78 is 40.1. The van der Waals surface area contributed by atoms with Crippen LogP contribution in [-0.2, 0) is 17.5 Å². The number of anilines is 2. The molecule has 5 nitrogen and oxygen atoms in total. The van der Waals surface area contributed by atoms with E-state index in [4.69, 9.17) is 0 Å². The number of aromatic nitrogens is 2. The quantitative estimate of drug-likeness (QED) is 0.828. The van der Waals surface area contributed by atoms with Crippen molar-refractivity contribution in [3.8, 4) is 0 Å². The molecule has 3 rings (SSSR count). The number of fused-ring (bicyclic) bond motifs is 1. The Bertz CT molecular complexity index is 782. The van der Waals surface area contributed by atoms with Crippen molar-refractivity contribution in [2.75, 3.05) is 18.0 Å². The molecule has 2 heterocycles. The van der Waals surface area contributed by atoms with Gasteiger partial charge >= 0.3 is 6.18 Å². The lowest BCUT2D eigenvalue weighted by Gasteiger charge is -2.35. The minimum Gasteiger partial charge on any atom is -0.355 e. The number of amides is 1. The SMILES string of the molecule is C=CCC(=O)NCC1CN(c2ccc(C(F)(F)F)cc2)c2ccnn2C1. The van der Waals surface area contributed by atoms with Crippen LogP contribution in [0.3, 0.4) is 0 Å². The van der Waals surface area contributed by atoms with Crippen molar-refractivity contribution in [2.24, 2.45) is 5.92 Å². The molecule has 2 aromatic rings. The molecule has 1 unspecified atom stereocenters. The number of hydrogen-bond donors (Lipinski definition) is 1. The molecule has 0 spiro atoms. The van der Waals surface area contributed by atoms with Crippen molar-refractivity contribution in [1.29, 1.82) is 0 Å². The molecular weight excluding hydrogens is 345 g/mol. The minimum atomic E-state index is -4.36. The highest BCUT2D eigenvalue weighted by Crippen LogP contribution is 2.34. The predicted octanol–water partition coefficient (Wildman–Crippen LogP) is 3.36. The normalized spacial score (nSPS) is 16.9. The second kappa shape index (κ2) is 7.23. The van der Waals surface area contributed by atoms with Crippen LogP contribution in [0.1, 0.15) is 12.0 Å². The van der Waals surface area contributed by atoms with Crippen LogP contribution in [0.2, 0.25) is 0 Å². The van der Waals surface area contributed by atoms with Crippen molar-refractivity contribution in [2.45, 2.75) is 19.1 Å². The minimum absolute atomic E-state index is 0.0819. The molecule has 1 aromatic carbocycles. The fraction of sp³-hybridized carbons (Fsp3) is 0.333. The third-order valence-corrected chi connectivity index (χ3v) is 4.27. The highest BCUT2D eigenvalue weighted by molar-refractivity contribution is 5.77. The lowest BCUT2D eigenvalue weighted by atomic mass is 10.1. The van der Waals surface area contributed by atoms with E-state index in [9.17, 15) is 18.0 Å². The molecule has 1 amide bonds. The number of nitrogens with zero attached hydrogens (tertiary/aromatic N) is 3. The summed E-state index contributed by atoms with van der Waals surface area (Å²) in [5.74, 6) is 0.796. The fourth-order valence-corrected chi connectivity index (χ4v) is 3.01. The Kier molecular flexibility index (Phi) is 5.01. The van der Waals surface area contributed by atoms with Crippen LogP contribution < -0.4 is 10.2 Å². The molecular formula is C18H19F3N4O. The first-order valence-corrected chi connectivity index (χ1v) is 8.22. The van der Waals surface area contributed by atoms with Gasteiger partial charge in [0.2, 0.25) is 5.91 Å². The molecule has 0 aliphatic carbocycles. The topological polar surface area (TPSA) is 50.2 Å². The van der Waals surface area contributed by atoms with Gasteiger partial charge in [0.1, 0.15) is 5.82 Å². The number of carbonyl (C=O) groups excluding carboxylic acids is 1. The maximum absolute atomic E-state index is 12.8. The summed E-state index contributed by atoms with van der Waals surface area (Å²) in [6.07, 6.45) is -0.913. The van der Waals surface area contributed by atoms with Gasteiger partial charge in [-0.2, -0.15) is 18.3 Å². The van der Waals surface area contributed by atoms with Gasteiger partial charge in [0.05, 0.1) is 11.8 Å². The molecule has 1 aliphatic heterocycles. The zero-order valence-corrected chi connectivity index (χ0v) is 14.0. The zero-order valence-electron chi connectivity index (χ0n) is 14.0. The largest absolute Gasteiger partial charge is 0.416 e. The predicted molar refractivity (Wildman–Crippen MR) is 92.0 cm³/mol. The fourth-order valence-electron chi connectivity index (χ4n) is 3.01. The maximum atomic E-state index is 12.8. The van der Waals surface area contributed by atoms with Gasteiger partial charge < -0.3 is 10.2 Å². The van der Waals surface area contributed by atoms with Crippen LogP contribution in [0, 0.1) is 5.92 Å². The summed E-state index contributed by atoms with van der Waals surface area (Å²) in [5, 5.41) is 7.12. The third-order valence-electron chi connectivity index (χ3n) is 4.27. The Morgan fingerprint density at radius 3 is 2.65 bits per heavy atom. The van der Waals surface area contributed by atoms with E-state index in [2.05, 4.69) is 17.0 Å². The average Bonchev–Trinajstić information content (AvgIpc) is 3.07. The van der Waals surface area contributed by atoms with Crippen molar-refractivity contribution >= 4 is 17.4 Å². The number of rotatable bonds is 5. The third kappa shape index (κ3) is 3.89. The van der Waals surface area contributed by atoms with Gasteiger partial charge in [-0.3, -0.25) is 4.79 Å². The first-order chi connectivity index (χ1) is 12.4. The Hall–Kier alpha value is -2.77. The smallest absolute Gasteiger partial charge is 0.355 e. The van der Waals surface area contributed by atoms with Gasteiger partial charge in [-0.1, -0.05) is 6.08 Å². The van der Waals surface area contributed by atoms with Gasteiger partial charge in [-0.05, 0) is 24.3 Å². The van der Waals surface area contributed by atoms with Crippen LogP contribution in [0.5, 0.6) is 0 Å². The van der Waals surface area contributed by atoms with E-state index < -0.39 is 11.7 Å². The van der Waals surface area contributed by atoms with Gasteiger partial charge in [-0.25, -0.2) is 4.68 Å². The standard InChI is InChI=1S/C18H19F3N4O/c1-2-3-16(26)22-10-13-11-24(17-8-9-23-25(17)12-13)15-6-4-14(5-7-15)18(19,20)21/h2,4-9,13H,1,3,10-12H2,(H,22,26). The van der Waals surface area contributed by atoms with Gasteiger partial charge in [-0.15, -0.1) is 6.58 Å². The van der Waals surface area contributed by atoms with Crippen LogP contribution >= 0.6 is 0 Å². The second-order valence-electron chi connectivity index (χ2n) is 6.19. The summed E-state index contributed by atoms with van der Waals surface area (Å²) >= 11 is 0. The van der Waals surface area contributed by atoms with E-state index in [-0.39, 0.29) is 18.2 Å². The number of hydrogen-bond acceptors (Lipinski definition) is 3. The molecule has 0 radical (unpaired) electrons. The maximum Gasteiger partial charge on any atom is 0.416 e. The summed E-state index contributed by atoms with van der Waals surface area (Å²) in [4.78, 5) is 13.6. The molecule has 0 bridgehead atoms. The molecule has 0 fully saturated rings. The van der Waals surface area contributed by atoms with Gasteiger partial charge in [0, 0.05) is 43.7 Å². The van der Waals surface area contributed by atoms with Crippen molar-refractivity contribution in [3.05, 3.63) is 54.7 Å². The molecule has 1 atom stereocenters. The molecule has 1 aromatic heterocycles. The Morgan fingerprint density at radius 2 is 2.00 bits per heavy atom. The highest BCUT2D eigenvalue weighted by atomic mass is 19.4. The van der Waals surface area contributed by atoms with Crippen LogP contribution in [-0.4, -0.2) is 28.8 Å². The Labute approximate surface area is 149 Å². The number of halogens is 3. The summed E-state index contributed by atoms with van der Waals surface area (Å²) in [5.41, 5.74) is -0.0260. The van der Waals surface area contributed by atoms with Crippen molar-refractivity contribution in [1.82, 2.24) is 15.1 Å². The summed E-state index contributed by atoms with van der Waals surface area (Å²) in [6, 6.07) is 6.89. The lowest BCUT2D eigenvalue weighted by Crippen LogP contribution is -2.41. The van der Waals surface area contributed by atoms with Crippen LogP contribution in [0.15, 0.2) is 49.2 Å². The van der Waals surface area contributed by atoms with E-state index in [1.54, 1.807) is 10.9 Å². The van der Waals surface area contributed by atoms with E-state index in [0.29, 0.717) is 25.3 Å². The first-order valence-electron chi connectivity index (χ1n) is 8.22. The summed E-state index contributed by atoms with van der Waals surface area (Å²) in [7, 11) is 0. The summed E-state index contributed by atoms with van der Waals surface area (Å²) in [6.45, 7) is 5.20. The highest BCUT2D eigenvalue weighted by Gasteiger charge is 2.31. The zero-order chi connectivity index (χ0) is 18.7. The van der Waals surface area contributed by atoms with Crippen LogP contribution in [0.25, 0.3) is 0 Å². The van der Waals surface area contributed by atoms with Crippen LogP contribution in [0.4, 0.5) is 24.7 Å².